The number of aryl methyl sites for hydroxylation is 2. The van der Waals surface area contributed by atoms with Crippen LogP contribution in [0.15, 0.2) is 48.5 Å². The molecule has 3 heteroatoms. The number of nitrogens with one attached hydrogen (secondary N) is 1. The molecular weight excluding hydrogens is 268 g/mol. The summed E-state index contributed by atoms with van der Waals surface area (Å²) in [7, 11) is 0. The predicted octanol–water partition coefficient (Wildman–Crippen LogP) is 3.66. The summed E-state index contributed by atoms with van der Waals surface area (Å²) in [6, 6.07) is 16.7. The SMILES string of the molecule is Cc1ccccc1CCC(Cc1ccc(Cl)cc1)NN. The molecule has 0 aliphatic carbocycles. The van der Waals surface area contributed by atoms with Crippen molar-refractivity contribution in [3.63, 3.8) is 0 Å². The lowest BCUT2D eigenvalue weighted by Crippen LogP contribution is -2.37. The molecule has 2 aromatic rings. The van der Waals surface area contributed by atoms with Gasteiger partial charge in [-0.2, -0.15) is 0 Å². The Balaban J connectivity index is 1.92. The van der Waals surface area contributed by atoms with Gasteiger partial charge in [-0.25, -0.2) is 0 Å². The van der Waals surface area contributed by atoms with Crippen LogP contribution in [0.1, 0.15) is 23.1 Å². The first-order valence-corrected chi connectivity index (χ1v) is 7.32. The lowest BCUT2D eigenvalue weighted by molar-refractivity contribution is 0.491. The van der Waals surface area contributed by atoms with E-state index >= 15 is 0 Å². The second kappa shape index (κ2) is 7.44. The van der Waals surface area contributed by atoms with Crippen LogP contribution in [0, 0.1) is 6.92 Å². The zero-order chi connectivity index (χ0) is 14.4. The van der Waals surface area contributed by atoms with Crippen LogP contribution in [-0.2, 0) is 12.8 Å². The Morgan fingerprint density at radius 2 is 1.80 bits per heavy atom. The van der Waals surface area contributed by atoms with Gasteiger partial charge in [0.2, 0.25) is 0 Å². The molecule has 2 nitrogen and oxygen atoms in total. The van der Waals surface area contributed by atoms with Crippen LogP contribution in [0.2, 0.25) is 5.02 Å². The molecule has 0 saturated heterocycles. The van der Waals surface area contributed by atoms with Crippen molar-refractivity contribution in [2.75, 3.05) is 0 Å². The maximum atomic E-state index is 5.90. The number of halogens is 1. The maximum absolute atomic E-state index is 5.90. The van der Waals surface area contributed by atoms with Crippen LogP contribution in [0.4, 0.5) is 0 Å². The van der Waals surface area contributed by atoms with Crippen LogP contribution >= 0.6 is 11.6 Å². The summed E-state index contributed by atoms with van der Waals surface area (Å²) in [5, 5.41) is 0.769. The number of hydrogen-bond acceptors (Lipinski definition) is 2. The quantitative estimate of drug-likeness (QED) is 0.629. The molecule has 0 fully saturated rings. The summed E-state index contributed by atoms with van der Waals surface area (Å²) in [4.78, 5) is 0. The molecule has 106 valence electrons. The van der Waals surface area contributed by atoms with Crippen LogP contribution < -0.4 is 11.3 Å². The van der Waals surface area contributed by atoms with Gasteiger partial charge in [-0.1, -0.05) is 48.0 Å². The minimum atomic E-state index is 0.274. The van der Waals surface area contributed by atoms with Crippen molar-refractivity contribution in [1.82, 2.24) is 5.43 Å². The maximum Gasteiger partial charge on any atom is 0.0406 e. The van der Waals surface area contributed by atoms with Gasteiger partial charge in [0.15, 0.2) is 0 Å². The average molecular weight is 289 g/mol. The monoisotopic (exact) mass is 288 g/mol. The van der Waals surface area contributed by atoms with E-state index < -0.39 is 0 Å². The van der Waals surface area contributed by atoms with Crippen molar-refractivity contribution < 1.29 is 0 Å². The molecule has 20 heavy (non-hydrogen) atoms. The van der Waals surface area contributed by atoms with E-state index in [4.69, 9.17) is 17.4 Å². The van der Waals surface area contributed by atoms with Gasteiger partial charge in [0.25, 0.3) is 0 Å². The van der Waals surface area contributed by atoms with Crippen LogP contribution in [0.3, 0.4) is 0 Å². The second-order valence-corrected chi connectivity index (χ2v) is 5.60. The van der Waals surface area contributed by atoms with Gasteiger partial charge >= 0.3 is 0 Å². The summed E-state index contributed by atoms with van der Waals surface area (Å²) in [6.07, 6.45) is 2.97. The first-order chi connectivity index (χ1) is 9.69. The second-order valence-electron chi connectivity index (χ2n) is 5.16. The van der Waals surface area contributed by atoms with E-state index in [2.05, 4.69) is 48.7 Å². The fraction of sp³-hybridized carbons (Fsp3) is 0.294. The lowest BCUT2D eigenvalue weighted by atomic mass is 9.97. The average Bonchev–Trinajstić information content (AvgIpc) is 2.47. The summed E-state index contributed by atoms with van der Waals surface area (Å²) >= 11 is 5.90. The molecule has 3 N–H and O–H groups in total. The molecule has 0 radical (unpaired) electrons. The summed E-state index contributed by atoms with van der Waals surface area (Å²) in [5.41, 5.74) is 6.91. The van der Waals surface area contributed by atoms with Gasteiger partial charge in [-0.15, -0.1) is 0 Å². The Morgan fingerprint density at radius 3 is 2.45 bits per heavy atom. The molecule has 2 rings (SSSR count). The smallest absolute Gasteiger partial charge is 0.0406 e. The third-order valence-electron chi connectivity index (χ3n) is 3.65. The zero-order valence-electron chi connectivity index (χ0n) is 11.8. The Bertz CT molecular complexity index is 537. The Kier molecular flexibility index (Phi) is 5.60. The minimum Gasteiger partial charge on any atom is -0.271 e. The molecule has 0 spiro atoms. The van der Waals surface area contributed by atoms with E-state index in [1.165, 1.54) is 16.7 Å². The first-order valence-electron chi connectivity index (χ1n) is 6.94. The summed E-state index contributed by atoms with van der Waals surface area (Å²) < 4.78 is 0. The van der Waals surface area contributed by atoms with E-state index in [9.17, 15) is 0 Å². The summed E-state index contributed by atoms with van der Waals surface area (Å²) in [6.45, 7) is 2.15. The van der Waals surface area contributed by atoms with Crippen molar-refractivity contribution >= 4 is 11.6 Å². The molecule has 0 aliphatic heterocycles. The van der Waals surface area contributed by atoms with Gasteiger partial charge in [0.1, 0.15) is 0 Å². The highest BCUT2D eigenvalue weighted by molar-refractivity contribution is 6.30. The summed E-state index contributed by atoms with van der Waals surface area (Å²) in [5.74, 6) is 5.68. The predicted molar refractivity (Wildman–Crippen MR) is 85.8 cm³/mol. The van der Waals surface area contributed by atoms with Gasteiger partial charge < -0.3 is 0 Å². The molecule has 0 heterocycles. The molecular formula is C17H21ClN2. The molecule has 1 unspecified atom stereocenters. The third kappa shape index (κ3) is 4.34. The van der Waals surface area contributed by atoms with Crippen molar-refractivity contribution in [3.8, 4) is 0 Å². The normalized spacial score (nSPS) is 12.3. The van der Waals surface area contributed by atoms with Gasteiger partial charge in [0, 0.05) is 11.1 Å². The van der Waals surface area contributed by atoms with Gasteiger partial charge in [-0.3, -0.25) is 11.3 Å². The highest BCUT2D eigenvalue weighted by Gasteiger charge is 2.09. The van der Waals surface area contributed by atoms with Crippen molar-refractivity contribution in [3.05, 3.63) is 70.2 Å². The minimum absolute atomic E-state index is 0.274. The Labute approximate surface area is 125 Å². The van der Waals surface area contributed by atoms with Gasteiger partial charge in [0.05, 0.1) is 0 Å². The van der Waals surface area contributed by atoms with Gasteiger partial charge in [-0.05, 0) is 55.0 Å². The van der Waals surface area contributed by atoms with E-state index in [0.29, 0.717) is 0 Å². The number of hydrogen-bond donors (Lipinski definition) is 2. The first kappa shape index (κ1) is 15.0. The lowest BCUT2D eigenvalue weighted by Gasteiger charge is -2.16. The molecule has 0 saturated carbocycles. The third-order valence-corrected chi connectivity index (χ3v) is 3.91. The van der Waals surface area contributed by atoms with Crippen LogP contribution in [0.5, 0.6) is 0 Å². The highest BCUT2D eigenvalue weighted by atomic mass is 35.5. The molecule has 2 aromatic carbocycles. The standard InChI is InChI=1S/C17H21ClN2/c1-13-4-2-3-5-15(13)8-11-17(20-19)12-14-6-9-16(18)10-7-14/h2-7,9-10,17,20H,8,11-12,19H2,1H3. The molecule has 0 bridgehead atoms. The Morgan fingerprint density at radius 1 is 1.10 bits per heavy atom. The van der Waals surface area contributed by atoms with Crippen molar-refractivity contribution in [2.24, 2.45) is 5.84 Å². The highest BCUT2D eigenvalue weighted by Crippen LogP contribution is 2.15. The van der Waals surface area contributed by atoms with E-state index in [1.54, 1.807) is 0 Å². The topological polar surface area (TPSA) is 38.0 Å². The van der Waals surface area contributed by atoms with Crippen molar-refractivity contribution in [2.45, 2.75) is 32.2 Å². The zero-order valence-corrected chi connectivity index (χ0v) is 12.5. The van der Waals surface area contributed by atoms with E-state index in [0.717, 1.165) is 24.3 Å². The fourth-order valence-corrected chi connectivity index (χ4v) is 2.50. The number of hydrazine groups is 1. The van der Waals surface area contributed by atoms with Crippen LogP contribution in [0.25, 0.3) is 0 Å². The molecule has 0 aliphatic rings. The van der Waals surface area contributed by atoms with Crippen LogP contribution in [-0.4, -0.2) is 6.04 Å². The number of rotatable bonds is 6. The molecule has 1 atom stereocenters. The number of benzene rings is 2. The molecule has 0 amide bonds. The number of nitrogens with two attached hydrogens (primary N) is 1. The largest absolute Gasteiger partial charge is 0.271 e. The Hall–Kier alpha value is -1.35. The fourth-order valence-electron chi connectivity index (χ4n) is 2.37. The van der Waals surface area contributed by atoms with E-state index in [-0.39, 0.29) is 6.04 Å². The van der Waals surface area contributed by atoms with E-state index in [1.807, 2.05) is 12.1 Å². The molecule has 0 aromatic heterocycles. The van der Waals surface area contributed by atoms with Crippen molar-refractivity contribution in [1.29, 1.82) is 0 Å².